The van der Waals surface area contributed by atoms with E-state index < -0.39 is 5.97 Å². The van der Waals surface area contributed by atoms with Crippen LogP contribution >= 0.6 is 0 Å². The van der Waals surface area contributed by atoms with Gasteiger partial charge in [0.1, 0.15) is 0 Å². The molecule has 13 heavy (non-hydrogen) atoms. The molecular formula is C9H17NO3. The van der Waals surface area contributed by atoms with Gasteiger partial charge in [0.25, 0.3) is 0 Å². The molecule has 0 spiro atoms. The van der Waals surface area contributed by atoms with Crippen molar-refractivity contribution in [3.63, 3.8) is 0 Å². The van der Waals surface area contributed by atoms with Gasteiger partial charge in [-0.25, -0.2) is 0 Å². The molecule has 76 valence electrons. The largest absolute Gasteiger partial charge is 0.481 e. The maximum Gasteiger partial charge on any atom is 0.303 e. The fourth-order valence-electron chi connectivity index (χ4n) is 1.88. The molecule has 1 rings (SSSR count). The predicted molar refractivity (Wildman–Crippen MR) is 48.6 cm³/mol. The van der Waals surface area contributed by atoms with E-state index in [0.717, 1.165) is 19.5 Å². The summed E-state index contributed by atoms with van der Waals surface area (Å²) >= 11 is 0. The average molecular weight is 187 g/mol. The Kier molecular flexibility index (Phi) is 4.18. The summed E-state index contributed by atoms with van der Waals surface area (Å²) in [5, 5.41) is 11.9. The van der Waals surface area contributed by atoms with Gasteiger partial charge in [-0.1, -0.05) is 0 Å². The Morgan fingerprint density at radius 1 is 1.77 bits per heavy atom. The third kappa shape index (κ3) is 3.32. The highest BCUT2D eigenvalue weighted by Gasteiger charge is 2.26. The van der Waals surface area contributed by atoms with Gasteiger partial charge in [0, 0.05) is 13.7 Å². The Balaban J connectivity index is 2.39. The van der Waals surface area contributed by atoms with Crippen LogP contribution in [0.4, 0.5) is 0 Å². The lowest BCUT2D eigenvalue weighted by Gasteiger charge is -2.19. The van der Waals surface area contributed by atoms with Crippen LogP contribution < -0.4 is 5.32 Å². The quantitative estimate of drug-likeness (QED) is 0.651. The van der Waals surface area contributed by atoms with Crippen molar-refractivity contribution in [3.8, 4) is 0 Å². The first-order valence-corrected chi connectivity index (χ1v) is 4.65. The van der Waals surface area contributed by atoms with Gasteiger partial charge in [-0.05, 0) is 31.3 Å². The van der Waals surface area contributed by atoms with Crippen molar-refractivity contribution in [2.45, 2.75) is 12.8 Å². The molecular weight excluding hydrogens is 170 g/mol. The standard InChI is InChI=1S/C9H17NO3/c1-13-6-8(4-9(11)12)7-2-3-10-5-7/h7-8,10H,2-6H2,1H3,(H,11,12). The lowest BCUT2D eigenvalue weighted by atomic mass is 9.89. The minimum Gasteiger partial charge on any atom is -0.481 e. The van der Waals surface area contributed by atoms with Crippen molar-refractivity contribution < 1.29 is 14.6 Å². The number of hydrogen-bond acceptors (Lipinski definition) is 3. The third-order valence-corrected chi connectivity index (χ3v) is 2.58. The lowest BCUT2D eigenvalue weighted by molar-refractivity contribution is -0.139. The highest BCUT2D eigenvalue weighted by atomic mass is 16.5. The van der Waals surface area contributed by atoms with Gasteiger partial charge in [-0.2, -0.15) is 0 Å². The number of nitrogens with one attached hydrogen (secondary N) is 1. The Bertz CT molecular complexity index is 166. The second-order valence-corrected chi connectivity index (χ2v) is 3.57. The minimum atomic E-state index is -0.728. The number of carboxylic acids is 1. The molecule has 0 bridgehead atoms. The summed E-state index contributed by atoms with van der Waals surface area (Å²) in [7, 11) is 1.62. The number of ether oxygens (including phenoxy) is 1. The molecule has 1 aliphatic rings. The summed E-state index contributed by atoms with van der Waals surface area (Å²) < 4.78 is 5.03. The Morgan fingerprint density at radius 3 is 3.00 bits per heavy atom. The fourth-order valence-corrected chi connectivity index (χ4v) is 1.88. The number of carboxylic acid groups (broad SMARTS) is 1. The lowest BCUT2D eigenvalue weighted by Crippen LogP contribution is -2.24. The van der Waals surface area contributed by atoms with Crippen LogP contribution in [0.2, 0.25) is 0 Å². The first kappa shape index (κ1) is 10.5. The number of carbonyl (C=O) groups is 1. The highest BCUT2D eigenvalue weighted by molar-refractivity contribution is 5.67. The van der Waals surface area contributed by atoms with Crippen molar-refractivity contribution in [1.29, 1.82) is 0 Å². The molecule has 0 amide bonds. The van der Waals surface area contributed by atoms with Gasteiger partial charge >= 0.3 is 5.97 Å². The SMILES string of the molecule is COCC(CC(=O)O)C1CCNC1. The zero-order valence-corrected chi connectivity index (χ0v) is 7.95. The normalized spacial score (nSPS) is 24.5. The van der Waals surface area contributed by atoms with Crippen molar-refractivity contribution in [3.05, 3.63) is 0 Å². The number of hydrogen-bond donors (Lipinski definition) is 2. The summed E-state index contributed by atoms with van der Waals surface area (Å²) in [6, 6.07) is 0. The minimum absolute atomic E-state index is 0.164. The molecule has 2 N–H and O–H groups in total. The van der Waals surface area contributed by atoms with Gasteiger partial charge < -0.3 is 15.2 Å². The summed E-state index contributed by atoms with van der Waals surface area (Å²) in [6.45, 7) is 2.49. The zero-order chi connectivity index (χ0) is 9.68. The van der Waals surface area contributed by atoms with E-state index in [-0.39, 0.29) is 12.3 Å². The van der Waals surface area contributed by atoms with Gasteiger partial charge in [-0.15, -0.1) is 0 Å². The fraction of sp³-hybridized carbons (Fsp3) is 0.889. The van der Waals surface area contributed by atoms with Gasteiger partial charge in [-0.3, -0.25) is 4.79 Å². The summed E-state index contributed by atoms with van der Waals surface area (Å²) in [4.78, 5) is 10.6. The summed E-state index contributed by atoms with van der Waals surface area (Å²) in [6.07, 6.45) is 1.29. The van der Waals surface area contributed by atoms with Crippen LogP contribution in [0.3, 0.4) is 0 Å². The van der Waals surface area contributed by atoms with E-state index in [9.17, 15) is 4.79 Å². The van der Waals surface area contributed by atoms with Crippen LogP contribution in [0.1, 0.15) is 12.8 Å². The third-order valence-electron chi connectivity index (χ3n) is 2.58. The number of rotatable bonds is 5. The predicted octanol–water partition coefficient (Wildman–Crippen LogP) is 0.333. The molecule has 0 saturated carbocycles. The van der Waals surface area contributed by atoms with Crippen molar-refractivity contribution in [2.24, 2.45) is 11.8 Å². The Labute approximate surface area is 78.3 Å². The molecule has 0 aromatic rings. The molecule has 2 unspecified atom stereocenters. The number of aliphatic carboxylic acids is 1. The van der Waals surface area contributed by atoms with Crippen molar-refractivity contribution >= 4 is 5.97 Å². The molecule has 4 nitrogen and oxygen atoms in total. The van der Waals surface area contributed by atoms with E-state index in [2.05, 4.69) is 5.32 Å². The molecule has 4 heteroatoms. The van der Waals surface area contributed by atoms with Gasteiger partial charge in [0.05, 0.1) is 6.42 Å². The monoisotopic (exact) mass is 187 g/mol. The molecule has 0 aliphatic carbocycles. The van der Waals surface area contributed by atoms with Gasteiger partial charge in [0.15, 0.2) is 0 Å². The Morgan fingerprint density at radius 2 is 2.54 bits per heavy atom. The van der Waals surface area contributed by atoms with Crippen LogP contribution in [0, 0.1) is 11.8 Å². The van der Waals surface area contributed by atoms with Crippen LogP contribution in [-0.4, -0.2) is 37.9 Å². The second-order valence-electron chi connectivity index (χ2n) is 3.57. The van der Waals surface area contributed by atoms with Crippen molar-refractivity contribution in [2.75, 3.05) is 26.8 Å². The second kappa shape index (κ2) is 5.19. The molecule has 0 aromatic heterocycles. The smallest absolute Gasteiger partial charge is 0.303 e. The maximum absolute atomic E-state index is 10.6. The zero-order valence-electron chi connectivity index (χ0n) is 7.95. The topological polar surface area (TPSA) is 58.6 Å². The van der Waals surface area contributed by atoms with Crippen LogP contribution in [0.5, 0.6) is 0 Å². The molecule has 1 heterocycles. The van der Waals surface area contributed by atoms with Gasteiger partial charge in [0.2, 0.25) is 0 Å². The number of methoxy groups -OCH3 is 1. The van der Waals surface area contributed by atoms with E-state index in [1.54, 1.807) is 7.11 Å². The highest BCUT2D eigenvalue weighted by Crippen LogP contribution is 2.22. The van der Waals surface area contributed by atoms with E-state index in [4.69, 9.17) is 9.84 Å². The van der Waals surface area contributed by atoms with Crippen LogP contribution in [0.25, 0.3) is 0 Å². The average Bonchev–Trinajstić information content (AvgIpc) is 2.54. The molecule has 2 atom stereocenters. The van der Waals surface area contributed by atoms with Crippen molar-refractivity contribution in [1.82, 2.24) is 5.32 Å². The van der Waals surface area contributed by atoms with E-state index >= 15 is 0 Å². The Hall–Kier alpha value is -0.610. The molecule has 0 aromatic carbocycles. The molecule has 0 radical (unpaired) electrons. The first-order valence-electron chi connectivity index (χ1n) is 4.65. The summed E-state index contributed by atoms with van der Waals surface area (Å²) in [5.41, 5.74) is 0. The molecule has 1 fully saturated rings. The van der Waals surface area contributed by atoms with E-state index in [1.807, 2.05) is 0 Å². The van der Waals surface area contributed by atoms with E-state index in [1.165, 1.54) is 0 Å². The molecule has 1 saturated heterocycles. The summed E-state index contributed by atoms with van der Waals surface area (Å²) in [5.74, 6) is -0.0949. The molecule has 1 aliphatic heterocycles. The van der Waals surface area contributed by atoms with E-state index in [0.29, 0.717) is 12.5 Å². The first-order chi connectivity index (χ1) is 6.24. The maximum atomic E-state index is 10.6. The van der Waals surface area contributed by atoms with Crippen LogP contribution in [-0.2, 0) is 9.53 Å². The van der Waals surface area contributed by atoms with Crippen LogP contribution in [0.15, 0.2) is 0 Å².